The minimum absolute atomic E-state index is 0.285. The minimum atomic E-state index is -4.12. The number of nitrogens with one attached hydrogen (secondary N) is 1. The van der Waals surface area contributed by atoms with E-state index in [9.17, 15) is 18.6 Å². The van der Waals surface area contributed by atoms with Gasteiger partial charge in [0.2, 0.25) is 0 Å². The Balaban J connectivity index is 1.59. The van der Waals surface area contributed by atoms with Crippen molar-refractivity contribution >= 4 is 21.8 Å². The molecule has 11 heteroatoms. The summed E-state index contributed by atoms with van der Waals surface area (Å²) in [5.74, 6) is 0.00990. The molecule has 160 valence electrons. The van der Waals surface area contributed by atoms with Gasteiger partial charge in [-0.2, -0.15) is 18.0 Å². The average molecular weight is 433 g/mol. The summed E-state index contributed by atoms with van der Waals surface area (Å²) in [6.07, 6.45) is -1.99. The Labute approximate surface area is 173 Å². The molecule has 1 saturated carbocycles. The van der Waals surface area contributed by atoms with Crippen molar-refractivity contribution in [1.82, 2.24) is 14.6 Å². The van der Waals surface area contributed by atoms with Gasteiger partial charge in [0.25, 0.3) is 0 Å². The van der Waals surface area contributed by atoms with E-state index in [1.54, 1.807) is 10.6 Å². The van der Waals surface area contributed by atoms with Crippen molar-refractivity contribution in [1.29, 1.82) is 0 Å². The van der Waals surface area contributed by atoms with Crippen LogP contribution in [0.15, 0.2) is 42.5 Å². The number of nitrogens with zero attached hydrogens (tertiary/aromatic N) is 3. The predicted molar refractivity (Wildman–Crippen MR) is 110 cm³/mol. The maximum atomic E-state index is 11.0. The quantitative estimate of drug-likeness (QED) is 0.437. The van der Waals surface area contributed by atoms with E-state index in [0.29, 0.717) is 11.5 Å². The molecule has 30 heavy (non-hydrogen) atoms. The number of hydrogen-bond acceptors (Lipinski definition) is 8. The summed E-state index contributed by atoms with van der Waals surface area (Å²) >= 11 is 0. The molecule has 4 unspecified atom stereocenters. The SMILES string of the molecule is Cc1cc(NC2CC(COS(N)(=O)=O)C(O)C2O)n2nc(-c3ccccc3)cc2n1. The number of benzene rings is 1. The van der Waals surface area contributed by atoms with Gasteiger partial charge in [-0.3, -0.25) is 4.18 Å². The minimum Gasteiger partial charge on any atom is -0.390 e. The molecule has 0 amide bonds. The van der Waals surface area contributed by atoms with Crippen LogP contribution in [0, 0.1) is 12.8 Å². The topological polar surface area (TPSA) is 152 Å². The highest BCUT2D eigenvalue weighted by atomic mass is 32.2. The number of nitrogens with two attached hydrogens (primary N) is 1. The van der Waals surface area contributed by atoms with Gasteiger partial charge in [0.05, 0.1) is 24.4 Å². The van der Waals surface area contributed by atoms with E-state index in [1.807, 2.05) is 43.3 Å². The van der Waals surface area contributed by atoms with E-state index in [1.165, 1.54) is 0 Å². The smallest absolute Gasteiger partial charge is 0.333 e. The van der Waals surface area contributed by atoms with E-state index in [0.717, 1.165) is 17.0 Å². The third-order valence-electron chi connectivity index (χ3n) is 5.21. The molecule has 5 N–H and O–H groups in total. The fourth-order valence-corrected chi connectivity index (χ4v) is 4.12. The van der Waals surface area contributed by atoms with Crippen LogP contribution in [0.25, 0.3) is 16.9 Å². The molecule has 4 atom stereocenters. The summed E-state index contributed by atoms with van der Waals surface area (Å²) < 4.78 is 28.3. The molecule has 4 rings (SSSR count). The Morgan fingerprint density at radius 2 is 1.97 bits per heavy atom. The second-order valence-corrected chi connectivity index (χ2v) is 8.67. The van der Waals surface area contributed by atoms with E-state index in [-0.39, 0.29) is 13.0 Å². The maximum absolute atomic E-state index is 11.0. The molecule has 0 radical (unpaired) electrons. The first-order chi connectivity index (χ1) is 14.2. The van der Waals surface area contributed by atoms with Crippen molar-refractivity contribution in [3.05, 3.63) is 48.2 Å². The lowest BCUT2D eigenvalue weighted by Gasteiger charge is -2.19. The first-order valence-corrected chi connectivity index (χ1v) is 10.9. The second-order valence-electron chi connectivity index (χ2n) is 7.45. The van der Waals surface area contributed by atoms with Gasteiger partial charge in [-0.1, -0.05) is 30.3 Å². The lowest BCUT2D eigenvalue weighted by molar-refractivity contribution is 0.00777. The average Bonchev–Trinajstić information content (AvgIpc) is 3.23. The van der Waals surface area contributed by atoms with Crippen LogP contribution in [-0.2, 0) is 14.5 Å². The predicted octanol–water partition coefficient (Wildman–Crippen LogP) is 0.447. The van der Waals surface area contributed by atoms with Crippen LogP contribution >= 0.6 is 0 Å². The zero-order valence-electron chi connectivity index (χ0n) is 16.2. The van der Waals surface area contributed by atoms with E-state index < -0.39 is 34.5 Å². The van der Waals surface area contributed by atoms with Gasteiger partial charge in [0, 0.05) is 29.3 Å². The number of aromatic nitrogens is 3. The third kappa shape index (κ3) is 4.30. The summed E-state index contributed by atoms with van der Waals surface area (Å²) in [6, 6.07) is 12.8. The molecular weight excluding hydrogens is 410 g/mol. The van der Waals surface area contributed by atoms with Gasteiger partial charge >= 0.3 is 10.3 Å². The monoisotopic (exact) mass is 433 g/mol. The number of hydrogen-bond donors (Lipinski definition) is 4. The fourth-order valence-electron chi connectivity index (χ4n) is 3.76. The molecule has 1 aliphatic rings. The zero-order chi connectivity index (χ0) is 21.5. The Hall–Kier alpha value is -2.57. The second kappa shape index (κ2) is 7.93. The van der Waals surface area contributed by atoms with Gasteiger partial charge in [0.1, 0.15) is 11.9 Å². The van der Waals surface area contributed by atoms with Crippen molar-refractivity contribution in [2.45, 2.75) is 31.6 Å². The summed E-state index contributed by atoms with van der Waals surface area (Å²) in [5.41, 5.74) is 3.09. The molecule has 1 aliphatic carbocycles. The number of aliphatic hydroxyl groups excluding tert-OH is 2. The van der Waals surface area contributed by atoms with Crippen LogP contribution in [0.1, 0.15) is 12.1 Å². The molecular formula is C19H23N5O5S. The molecule has 2 aromatic heterocycles. The van der Waals surface area contributed by atoms with Crippen LogP contribution in [0.3, 0.4) is 0 Å². The Bertz CT molecular complexity index is 1150. The van der Waals surface area contributed by atoms with Crippen LogP contribution in [0.4, 0.5) is 5.82 Å². The van der Waals surface area contributed by atoms with Crippen LogP contribution in [0.5, 0.6) is 0 Å². The van der Waals surface area contributed by atoms with Crippen molar-refractivity contribution in [2.24, 2.45) is 11.1 Å². The largest absolute Gasteiger partial charge is 0.390 e. The van der Waals surface area contributed by atoms with Crippen LogP contribution in [0.2, 0.25) is 0 Å². The third-order valence-corrected chi connectivity index (χ3v) is 5.67. The number of rotatable bonds is 6. The lowest BCUT2D eigenvalue weighted by atomic mass is 10.1. The van der Waals surface area contributed by atoms with Crippen molar-refractivity contribution in [3.8, 4) is 11.3 Å². The molecule has 0 spiro atoms. The molecule has 1 aromatic carbocycles. The lowest BCUT2D eigenvalue weighted by Crippen LogP contribution is -2.36. The molecule has 0 saturated heterocycles. The molecule has 3 aromatic rings. The van der Waals surface area contributed by atoms with E-state index in [4.69, 9.17) is 5.14 Å². The summed E-state index contributed by atoms with van der Waals surface area (Å²) in [4.78, 5) is 4.51. The summed E-state index contributed by atoms with van der Waals surface area (Å²) in [6.45, 7) is 1.54. The Kier molecular flexibility index (Phi) is 5.47. The number of aliphatic hydroxyl groups is 2. The van der Waals surface area contributed by atoms with Crippen LogP contribution in [-0.4, -0.2) is 58.1 Å². The highest BCUT2D eigenvalue weighted by molar-refractivity contribution is 7.84. The molecule has 1 fully saturated rings. The van der Waals surface area contributed by atoms with Gasteiger partial charge in [0.15, 0.2) is 5.65 Å². The Morgan fingerprint density at radius 3 is 2.67 bits per heavy atom. The van der Waals surface area contributed by atoms with Gasteiger partial charge in [-0.25, -0.2) is 10.1 Å². The van der Waals surface area contributed by atoms with Crippen molar-refractivity contribution in [2.75, 3.05) is 11.9 Å². The van der Waals surface area contributed by atoms with Crippen molar-refractivity contribution < 1.29 is 22.8 Å². The molecule has 10 nitrogen and oxygen atoms in total. The first kappa shape index (κ1) is 20.7. The van der Waals surface area contributed by atoms with Crippen LogP contribution < -0.4 is 10.5 Å². The van der Waals surface area contributed by atoms with Crippen molar-refractivity contribution in [3.63, 3.8) is 0 Å². The first-order valence-electron chi connectivity index (χ1n) is 9.44. The number of anilines is 1. The number of fused-ring (bicyclic) bond motifs is 1. The molecule has 2 heterocycles. The highest BCUT2D eigenvalue weighted by Crippen LogP contribution is 2.30. The fraction of sp³-hybridized carbons (Fsp3) is 0.368. The normalized spacial score (nSPS) is 24.4. The molecule has 0 bridgehead atoms. The van der Waals surface area contributed by atoms with Gasteiger partial charge in [-0.05, 0) is 13.3 Å². The van der Waals surface area contributed by atoms with Gasteiger partial charge in [-0.15, -0.1) is 0 Å². The van der Waals surface area contributed by atoms with E-state index in [2.05, 4.69) is 19.6 Å². The summed E-state index contributed by atoms with van der Waals surface area (Å²) in [7, 11) is -4.12. The maximum Gasteiger partial charge on any atom is 0.333 e. The standard InChI is InChI=1S/C19H23N5O5S/c1-11-7-16(22-15-8-13(18(25)19(15)26)10-29-30(20,27)28)24-17(21-11)9-14(23-24)12-5-3-2-4-6-12/h2-7,9,13,15,18-19,22,25-26H,8,10H2,1H3,(H2,20,27,28). The zero-order valence-corrected chi connectivity index (χ0v) is 17.0. The number of aryl methyl sites for hydroxylation is 1. The highest BCUT2D eigenvalue weighted by Gasteiger charge is 2.42. The summed E-state index contributed by atoms with van der Waals surface area (Å²) in [5, 5.41) is 33.4. The van der Waals surface area contributed by atoms with Gasteiger partial charge < -0.3 is 15.5 Å². The molecule has 0 aliphatic heterocycles. The Morgan fingerprint density at radius 1 is 1.23 bits per heavy atom. The van der Waals surface area contributed by atoms with E-state index >= 15 is 0 Å².